The van der Waals surface area contributed by atoms with Crippen molar-refractivity contribution in [3.63, 3.8) is 0 Å². The quantitative estimate of drug-likeness (QED) is 0.862. The van der Waals surface area contributed by atoms with Crippen molar-refractivity contribution < 1.29 is 4.79 Å². The monoisotopic (exact) mass is 266 g/mol. The number of nitrogens with zero attached hydrogens (tertiary/aromatic N) is 1. The predicted octanol–water partition coefficient (Wildman–Crippen LogP) is 2.93. The van der Waals surface area contributed by atoms with Crippen molar-refractivity contribution in [2.75, 3.05) is 4.90 Å². The number of anilines is 2. The Labute approximate surface area is 119 Å². The fourth-order valence-corrected chi connectivity index (χ4v) is 2.66. The molecule has 2 aromatic rings. The topological polar surface area (TPSA) is 46.3 Å². The normalized spacial score (nSPS) is 18.6. The third kappa shape index (κ3) is 2.21. The van der Waals surface area contributed by atoms with Gasteiger partial charge in [-0.2, -0.15) is 0 Å². The fourth-order valence-electron chi connectivity index (χ4n) is 2.66. The van der Waals surface area contributed by atoms with Crippen molar-refractivity contribution in [2.45, 2.75) is 25.8 Å². The van der Waals surface area contributed by atoms with Crippen molar-refractivity contribution in [1.82, 2.24) is 0 Å². The molecule has 1 heterocycles. The van der Waals surface area contributed by atoms with Crippen LogP contribution < -0.4 is 10.6 Å². The number of carbonyl (C=O) groups excluding carboxylic acids is 1. The van der Waals surface area contributed by atoms with Gasteiger partial charge < -0.3 is 5.73 Å². The summed E-state index contributed by atoms with van der Waals surface area (Å²) >= 11 is 0. The predicted molar refractivity (Wildman–Crippen MR) is 81.1 cm³/mol. The van der Waals surface area contributed by atoms with E-state index in [9.17, 15) is 4.79 Å². The second-order valence-electron chi connectivity index (χ2n) is 5.29. The third-order valence-electron chi connectivity index (χ3n) is 3.76. The number of hydrogen-bond acceptors (Lipinski definition) is 2. The number of carbonyl (C=O) groups is 1. The van der Waals surface area contributed by atoms with E-state index in [-0.39, 0.29) is 5.91 Å². The highest BCUT2D eigenvalue weighted by Gasteiger charge is 2.28. The molecule has 1 atom stereocenters. The molecule has 3 nitrogen and oxygen atoms in total. The molecule has 1 aliphatic rings. The van der Waals surface area contributed by atoms with Crippen LogP contribution in [0.5, 0.6) is 0 Å². The Morgan fingerprint density at radius 2 is 1.90 bits per heavy atom. The molecule has 3 rings (SSSR count). The summed E-state index contributed by atoms with van der Waals surface area (Å²) in [7, 11) is 0. The molecule has 0 spiro atoms. The van der Waals surface area contributed by atoms with E-state index < -0.39 is 6.04 Å². The molecule has 0 saturated carbocycles. The first-order valence-electron chi connectivity index (χ1n) is 6.91. The third-order valence-corrected chi connectivity index (χ3v) is 3.76. The molecule has 0 radical (unpaired) electrons. The SMILES string of the molecule is Cc1ccc2c(c1)N(c1ccccc1)C(=O)[C@H](N)CC2. The van der Waals surface area contributed by atoms with Gasteiger partial charge in [0.15, 0.2) is 0 Å². The fraction of sp³-hybridized carbons (Fsp3) is 0.235. The van der Waals surface area contributed by atoms with Gasteiger partial charge in [-0.15, -0.1) is 0 Å². The lowest BCUT2D eigenvalue weighted by Gasteiger charge is -2.25. The number of para-hydroxylation sites is 1. The largest absolute Gasteiger partial charge is 0.320 e. The van der Waals surface area contributed by atoms with Crippen LogP contribution in [0.4, 0.5) is 11.4 Å². The molecule has 2 N–H and O–H groups in total. The van der Waals surface area contributed by atoms with Crippen LogP contribution in [0, 0.1) is 6.92 Å². The van der Waals surface area contributed by atoms with Crippen LogP contribution >= 0.6 is 0 Å². The highest BCUT2D eigenvalue weighted by atomic mass is 16.2. The zero-order valence-electron chi connectivity index (χ0n) is 11.5. The molecule has 1 amide bonds. The van der Waals surface area contributed by atoms with Gasteiger partial charge in [0.1, 0.15) is 0 Å². The number of fused-ring (bicyclic) bond motifs is 1. The van der Waals surface area contributed by atoms with Gasteiger partial charge >= 0.3 is 0 Å². The number of rotatable bonds is 1. The first kappa shape index (κ1) is 12.9. The molecule has 0 aromatic heterocycles. The van der Waals surface area contributed by atoms with E-state index in [0.717, 1.165) is 23.4 Å². The summed E-state index contributed by atoms with van der Waals surface area (Å²) in [6.07, 6.45) is 1.53. The Balaban J connectivity index is 2.18. The Morgan fingerprint density at radius 1 is 1.15 bits per heavy atom. The molecule has 102 valence electrons. The molecule has 3 heteroatoms. The Kier molecular flexibility index (Phi) is 3.28. The van der Waals surface area contributed by atoms with Crippen LogP contribution in [-0.4, -0.2) is 11.9 Å². The van der Waals surface area contributed by atoms with Gasteiger partial charge in [0.25, 0.3) is 0 Å². The number of hydrogen-bond donors (Lipinski definition) is 1. The van der Waals surface area contributed by atoms with Crippen LogP contribution in [0.2, 0.25) is 0 Å². The number of benzene rings is 2. The van der Waals surface area contributed by atoms with Crippen molar-refractivity contribution >= 4 is 17.3 Å². The molecule has 1 aliphatic heterocycles. The van der Waals surface area contributed by atoms with E-state index in [1.54, 1.807) is 4.90 Å². The maximum atomic E-state index is 12.6. The highest BCUT2D eigenvalue weighted by molar-refractivity contribution is 6.04. The van der Waals surface area contributed by atoms with Gasteiger partial charge in [-0.1, -0.05) is 30.3 Å². The summed E-state index contributed by atoms with van der Waals surface area (Å²) < 4.78 is 0. The van der Waals surface area contributed by atoms with Gasteiger partial charge in [-0.3, -0.25) is 9.69 Å². The molecule has 0 saturated heterocycles. The lowest BCUT2D eigenvalue weighted by atomic mass is 10.0. The lowest BCUT2D eigenvalue weighted by Crippen LogP contribution is -2.40. The number of amides is 1. The second kappa shape index (κ2) is 5.10. The summed E-state index contributed by atoms with van der Waals surface area (Å²) in [6, 6.07) is 15.5. The smallest absolute Gasteiger partial charge is 0.248 e. The maximum absolute atomic E-state index is 12.6. The average molecular weight is 266 g/mol. The molecule has 0 unspecified atom stereocenters. The number of aryl methyl sites for hydroxylation is 2. The second-order valence-corrected chi connectivity index (χ2v) is 5.29. The first-order chi connectivity index (χ1) is 9.66. The maximum Gasteiger partial charge on any atom is 0.248 e. The van der Waals surface area contributed by atoms with Gasteiger partial charge in [0.05, 0.1) is 11.7 Å². The molecule has 2 aromatic carbocycles. The van der Waals surface area contributed by atoms with E-state index in [0.29, 0.717) is 6.42 Å². The van der Waals surface area contributed by atoms with Crippen molar-refractivity contribution in [3.8, 4) is 0 Å². The van der Waals surface area contributed by atoms with E-state index in [1.807, 2.05) is 37.3 Å². The van der Waals surface area contributed by atoms with Crippen molar-refractivity contribution in [1.29, 1.82) is 0 Å². The van der Waals surface area contributed by atoms with Crippen LogP contribution in [-0.2, 0) is 11.2 Å². The van der Waals surface area contributed by atoms with Gasteiger partial charge in [0, 0.05) is 5.69 Å². The summed E-state index contributed by atoms with van der Waals surface area (Å²) in [5.74, 6) is -0.0273. The van der Waals surface area contributed by atoms with Crippen molar-refractivity contribution in [2.24, 2.45) is 5.73 Å². The first-order valence-corrected chi connectivity index (χ1v) is 6.91. The lowest BCUT2D eigenvalue weighted by molar-refractivity contribution is -0.119. The van der Waals surface area contributed by atoms with Crippen LogP contribution in [0.3, 0.4) is 0 Å². The van der Waals surface area contributed by atoms with Gasteiger partial charge in [0.2, 0.25) is 5.91 Å². The van der Waals surface area contributed by atoms with E-state index >= 15 is 0 Å². The number of nitrogens with two attached hydrogens (primary N) is 1. The van der Waals surface area contributed by atoms with Gasteiger partial charge in [-0.05, 0) is 49.1 Å². The van der Waals surface area contributed by atoms with E-state index in [4.69, 9.17) is 5.73 Å². The summed E-state index contributed by atoms with van der Waals surface area (Å²) in [4.78, 5) is 14.4. The minimum Gasteiger partial charge on any atom is -0.320 e. The minimum absolute atomic E-state index is 0.0273. The Bertz CT molecular complexity index is 637. The van der Waals surface area contributed by atoms with Crippen LogP contribution in [0.1, 0.15) is 17.5 Å². The standard InChI is InChI=1S/C17H18N2O/c1-12-7-8-13-9-10-15(18)17(20)19(16(13)11-12)14-5-3-2-4-6-14/h2-8,11,15H,9-10,18H2,1H3/t15-/m1/s1. The van der Waals surface area contributed by atoms with Crippen LogP contribution in [0.25, 0.3) is 0 Å². The zero-order valence-corrected chi connectivity index (χ0v) is 11.5. The molecule has 20 heavy (non-hydrogen) atoms. The van der Waals surface area contributed by atoms with Gasteiger partial charge in [-0.25, -0.2) is 0 Å². The Hall–Kier alpha value is -2.13. The van der Waals surface area contributed by atoms with E-state index in [2.05, 4.69) is 18.2 Å². The van der Waals surface area contributed by atoms with Crippen molar-refractivity contribution in [3.05, 3.63) is 59.7 Å². The molecular weight excluding hydrogens is 248 g/mol. The summed E-state index contributed by atoms with van der Waals surface area (Å²) in [5.41, 5.74) is 10.2. The highest BCUT2D eigenvalue weighted by Crippen LogP contribution is 2.33. The summed E-state index contributed by atoms with van der Waals surface area (Å²) in [6.45, 7) is 2.04. The molecule has 0 bridgehead atoms. The summed E-state index contributed by atoms with van der Waals surface area (Å²) in [5, 5.41) is 0. The average Bonchev–Trinajstić information content (AvgIpc) is 2.58. The van der Waals surface area contributed by atoms with E-state index in [1.165, 1.54) is 5.56 Å². The molecule has 0 fully saturated rings. The minimum atomic E-state index is -0.442. The zero-order chi connectivity index (χ0) is 14.1. The van der Waals surface area contributed by atoms with Crippen LogP contribution in [0.15, 0.2) is 48.5 Å². The Morgan fingerprint density at radius 3 is 2.65 bits per heavy atom. The molecular formula is C17H18N2O. The molecule has 0 aliphatic carbocycles.